The van der Waals surface area contributed by atoms with Crippen molar-refractivity contribution >= 4 is 29.5 Å². The molecule has 1 fully saturated rings. The highest BCUT2D eigenvalue weighted by Crippen LogP contribution is 2.32. The van der Waals surface area contributed by atoms with Gasteiger partial charge in [-0.25, -0.2) is 0 Å². The minimum atomic E-state index is -0.478. The highest BCUT2D eigenvalue weighted by molar-refractivity contribution is 8.00. The number of amides is 3. The van der Waals surface area contributed by atoms with Crippen LogP contribution in [-0.2, 0) is 9.59 Å². The van der Waals surface area contributed by atoms with Gasteiger partial charge in [0.15, 0.2) is 11.5 Å². The number of benzene rings is 1. The predicted molar refractivity (Wildman–Crippen MR) is 77.2 cm³/mol. The first kappa shape index (κ1) is 14.5. The first-order valence-corrected chi connectivity index (χ1v) is 7.63. The fraction of sp³-hybridized carbons (Fsp3) is 0.308. The zero-order valence-corrected chi connectivity index (χ0v) is 12.3. The number of carbonyl (C=O) groups is 3. The quantitative estimate of drug-likeness (QED) is 0.742. The zero-order chi connectivity index (χ0) is 15.5. The van der Waals surface area contributed by atoms with Gasteiger partial charge in [-0.1, -0.05) is 0 Å². The lowest BCUT2D eigenvalue weighted by atomic mass is 10.2. The molecule has 3 rings (SSSR count). The van der Waals surface area contributed by atoms with E-state index in [2.05, 4.69) is 10.9 Å². The Bertz CT molecular complexity index is 636. The first-order chi connectivity index (χ1) is 10.6. The van der Waals surface area contributed by atoms with Crippen LogP contribution in [0.15, 0.2) is 18.2 Å². The molecule has 0 bridgehead atoms. The lowest BCUT2D eigenvalue weighted by molar-refractivity contribution is -0.132. The summed E-state index contributed by atoms with van der Waals surface area (Å²) in [7, 11) is 0. The molecular weight excluding hydrogens is 310 g/mol. The summed E-state index contributed by atoms with van der Waals surface area (Å²) in [6.45, 7) is 0.0479. The van der Waals surface area contributed by atoms with Gasteiger partial charge in [0.05, 0.1) is 11.6 Å². The van der Waals surface area contributed by atoms with E-state index >= 15 is 0 Å². The van der Waals surface area contributed by atoms with E-state index in [0.29, 0.717) is 28.7 Å². The van der Waals surface area contributed by atoms with E-state index in [1.165, 1.54) is 22.7 Å². The molecule has 8 nitrogen and oxygen atoms in total. The standard InChI is InChI=1S/C13H13N3O5S/c17-11(4-16-6-22-5-12(16)18)14-15-13(19)8-1-2-9-10(3-8)21-7-20-9/h1-3H,4-7H2,(H,14,17)(H,15,19). The molecular formula is C13H13N3O5S. The van der Waals surface area contributed by atoms with Gasteiger partial charge in [0, 0.05) is 5.56 Å². The third kappa shape index (κ3) is 3.08. The van der Waals surface area contributed by atoms with Crippen LogP contribution in [0.25, 0.3) is 0 Å². The smallest absolute Gasteiger partial charge is 0.269 e. The summed E-state index contributed by atoms with van der Waals surface area (Å²) in [6.07, 6.45) is 0. The first-order valence-electron chi connectivity index (χ1n) is 6.48. The molecule has 0 atom stereocenters. The molecule has 0 spiro atoms. The molecule has 116 valence electrons. The number of carbonyl (C=O) groups excluding carboxylic acids is 3. The lowest BCUT2D eigenvalue weighted by Crippen LogP contribution is -2.46. The molecule has 0 unspecified atom stereocenters. The average Bonchev–Trinajstić information content (AvgIpc) is 3.13. The number of hydrazine groups is 1. The maximum Gasteiger partial charge on any atom is 0.269 e. The minimum absolute atomic E-state index is 0.0761. The summed E-state index contributed by atoms with van der Waals surface area (Å²) < 4.78 is 10.3. The number of nitrogens with zero attached hydrogens (tertiary/aromatic N) is 1. The molecule has 3 amide bonds. The maximum absolute atomic E-state index is 11.9. The van der Waals surface area contributed by atoms with Crippen LogP contribution in [0.2, 0.25) is 0 Å². The highest BCUT2D eigenvalue weighted by Gasteiger charge is 2.23. The number of hydrogen-bond donors (Lipinski definition) is 2. The van der Waals surface area contributed by atoms with Gasteiger partial charge in [0.25, 0.3) is 11.8 Å². The third-order valence-corrected chi connectivity index (χ3v) is 4.06. The Hall–Kier alpha value is -2.42. The second-order valence-electron chi connectivity index (χ2n) is 4.64. The second kappa shape index (κ2) is 6.14. The van der Waals surface area contributed by atoms with E-state index in [1.807, 2.05) is 0 Å². The van der Waals surface area contributed by atoms with Crippen molar-refractivity contribution in [1.29, 1.82) is 0 Å². The van der Waals surface area contributed by atoms with Gasteiger partial charge in [-0.3, -0.25) is 25.2 Å². The maximum atomic E-state index is 11.9. The van der Waals surface area contributed by atoms with Gasteiger partial charge in [-0.15, -0.1) is 11.8 Å². The van der Waals surface area contributed by atoms with Crippen LogP contribution < -0.4 is 20.3 Å². The Morgan fingerprint density at radius 2 is 2.05 bits per heavy atom. The molecule has 2 N–H and O–H groups in total. The largest absolute Gasteiger partial charge is 0.454 e. The molecule has 9 heteroatoms. The van der Waals surface area contributed by atoms with Gasteiger partial charge in [-0.05, 0) is 18.2 Å². The normalized spacial score (nSPS) is 15.8. The van der Waals surface area contributed by atoms with E-state index in [0.717, 1.165) is 0 Å². The molecule has 1 aromatic rings. The number of nitrogens with one attached hydrogen (secondary N) is 2. The van der Waals surface area contributed by atoms with E-state index < -0.39 is 11.8 Å². The van der Waals surface area contributed by atoms with Crippen LogP contribution in [0.4, 0.5) is 0 Å². The Labute approximate surface area is 130 Å². The molecule has 1 aromatic carbocycles. The van der Waals surface area contributed by atoms with Crippen LogP contribution in [0.5, 0.6) is 11.5 Å². The van der Waals surface area contributed by atoms with Crippen molar-refractivity contribution in [3.05, 3.63) is 23.8 Å². The van der Waals surface area contributed by atoms with Gasteiger partial charge in [0.1, 0.15) is 6.54 Å². The van der Waals surface area contributed by atoms with Crippen molar-refractivity contribution in [3.8, 4) is 11.5 Å². The molecule has 0 saturated carbocycles. The Kier molecular flexibility index (Phi) is 4.05. The van der Waals surface area contributed by atoms with Crippen molar-refractivity contribution in [2.45, 2.75) is 0 Å². The van der Waals surface area contributed by atoms with E-state index in [9.17, 15) is 14.4 Å². The highest BCUT2D eigenvalue weighted by atomic mass is 32.2. The number of ether oxygens (including phenoxy) is 2. The molecule has 2 aliphatic heterocycles. The van der Waals surface area contributed by atoms with E-state index in [-0.39, 0.29) is 19.2 Å². The van der Waals surface area contributed by atoms with Crippen molar-refractivity contribution in [2.24, 2.45) is 0 Å². The van der Waals surface area contributed by atoms with Crippen molar-refractivity contribution < 1.29 is 23.9 Å². The number of hydrogen-bond acceptors (Lipinski definition) is 6. The number of rotatable bonds is 3. The van der Waals surface area contributed by atoms with Gasteiger partial charge >= 0.3 is 0 Å². The fourth-order valence-electron chi connectivity index (χ4n) is 1.99. The third-order valence-electron chi connectivity index (χ3n) is 3.11. The van der Waals surface area contributed by atoms with Crippen LogP contribution >= 0.6 is 11.8 Å². The van der Waals surface area contributed by atoms with Crippen molar-refractivity contribution in [2.75, 3.05) is 25.0 Å². The SMILES string of the molecule is O=C(CN1CSCC1=O)NNC(=O)c1ccc2c(c1)OCO2. The molecule has 2 heterocycles. The molecule has 0 aromatic heterocycles. The van der Waals surface area contributed by atoms with Crippen molar-refractivity contribution in [3.63, 3.8) is 0 Å². The molecule has 1 saturated heterocycles. The predicted octanol–water partition coefficient (Wildman–Crippen LogP) is -0.291. The summed E-state index contributed by atoms with van der Waals surface area (Å²) in [5.74, 6) is 0.921. The van der Waals surface area contributed by atoms with Crippen LogP contribution in [0.1, 0.15) is 10.4 Å². The fourth-order valence-corrected chi connectivity index (χ4v) is 2.89. The molecule has 2 aliphatic rings. The van der Waals surface area contributed by atoms with Crippen LogP contribution in [0, 0.1) is 0 Å². The minimum Gasteiger partial charge on any atom is -0.454 e. The van der Waals surface area contributed by atoms with Crippen LogP contribution in [-0.4, -0.2) is 47.6 Å². The Morgan fingerprint density at radius 1 is 1.23 bits per heavy atom. The molecule has 0 radical (unpaired) electrons. The monoisotopic (exact) mass is 323 g/mol. The summed E-state index contributed by atoms with van der Waals surface area (Å²) in [4.78, 5) is 36.5. The average molecular weight is 323 g/mol. The Balaban J connectivity index is 1.51. The van der Waals surface area contributed by atoms with E-state index in [4.69, 9.17) is 9.47 Å². The Morgan fingerprint density at radius 3 is 2.82 bits per heavy atom. The molecule has 0 aliphatic carbocycles. The zero-order valence-electron chi connectivity index (χ0n) is 11.5. The van der Waals surface area contributed by atoms with Crippen LogP contribution in [0.3, 0.4) is 0 Å². The summed E-state index contributed by atoms with van der Waals surface area (Å²) in [6, 6.07) is 4.72. The van der Waals surface area contributed by atoms with Crippen molar-refractivity contribution in [1.82, 2.24) is 15.8 Å². The summed E-state index contributed by atoms with van der Waals surface area (Å²) in [5, 5.41) is 0. The summed E-state index contributed by atoms with van der Waals surface area (Å²) >= 11 is 1.45. The van der Waals surface area contributed by atoms with Gasteiger partial charge in [-0.2, -0.15) is 0 Å². The topological polar surface area (TPSA) is 97.0 Å². The molecule has 22 heavy (non-hydrogen) atoms. The summed E-state index contributed by atoms with van der Waals surface area (Å²) in [5.41, 5.74) is 4.91. The second-order valence-corrected chi connectivity index (χ2v) is 5.59. The van der Waals surface area contributed by atoms with Gasteiger partial charge < -0.3 is 14.4 Å². The number of thioether (sulfide) groups is 1. The lowest BCUT2D eigenvalue weighted by Gasteiger charge is -2.14. The van der Waals surface area contributed by atoms with Gasteiger partial charge in [0.2, 0.25) is 12.7 Å². The number of fused-ring (bicyclic) bond motifs is 1. The van der Waals surface area contributed by atoms with E-state index in [1.54, 1.807) is 12.1 Å².